The van der Waals surface area contributed by atoms with Crippen molar-refractivity contribution in [2.75, 3.05) is 0 Å². The molecule has 132 valence electrons. The average Bonchev–Trinajstić information content (AvgIpc) is 2.45. The summed E-state index contributed by atoms with van der Waals surface area (Å²) in [5.41, 5.74) is 21.5. The van der Waals surface area contributed by atoms with E-state index in [0.29, 0.717) is 25.7 Å². The van der Waals surface area contributed by atoms with Gasteiger partial charge in [-0.05, 0) is 25.7 Å². The van der Waals surface area contributed by atoms with Crippen LogP contribution in [0.25, 0.3) is 0 Å². The van der Waals surface area contributed by atoms with Gasteiger partial charge in [-0.1, -0.05) is 12.8 Å². The third-order valence-corrected chi connectivity index (χ3v) is 4.82. The summed E-state index contributed by atoms with van der Waals surface area (Å²) in [6, 6.07) is -0.854. The lowest BCUT2D eigenvalue weighted by molar-refractivity contribution is -0.176. The fourth-order valence-electron chi connectivity index (χ4n) is 3.26. The molecular weight excluding hydrogens is 300 g/mol. The van der Waals surface area contributed by atoms with Gasteiger partial charge in [-0.15, -0.1) is 0 Å². The number of hydrogen-bond donors (Lipinski definition) is 4. The van der Waals surface area contributed by atoms with Crippen LogP contribution in [0.4, 0.5) is 0 Å². The molecule has 2 rings (SSSR count). The molecule has 8 heteroatoms. The van der Waals surface area contributed by atoms with E-state index in [1.807, 2.05) is 0 Å². The van der Waals surface area contributed by atoms with Gasteiger partial charge >= 0.3 is 11.9 Å². The highest BCUT2D eigenvalue weighted by molar-refractivity contribution is 5.91. The van der Waals surface area contributed by atoms with E-state index in [1.165, 1.54) is 0 Å². The molecular formula is C15H28N4O4. The SMILES string of the molecule is NC1CCCCC1(N)OC(=O)CC(=O)OC1(N)CCCCC1N. The van der Waals surface area contributed by atoms with E-state index in [9.17, 15) is 9.59 Å². The number of carbonyl (C=O) groups is 2. The van der Waals surface area contributed by atoms with E-state index in [4.69, 9.17) is 32.4 Å². The van der Waals surface area contributed by atoms with Crippen molar-refractivity contribution in [2.45, 2.75) is 81.3 Å². The Bertz CT molecular complexity index is 421. The van der Waals surface area contributed by atoms with E-state index in [0.717, 1.165) is 25.7 Å². The third kappa shape index (κ3) is 4.41. The summed E-state index contributed by atoms with van der Waals surface area (Å²) in [6.45, 7) is 0. The van der Waals surface area contributed by atoms with Crippen LogP contribution in [0.1, 0.15) is 57.8 Å². The van der Waals surface area contributed by atoms with E-state index >= 15 is 0 Å². The van der Waals surface area contributed by atoms with Crippen molar-refractivity contribution in [3.8, 4) is 0 Å². The molecule has 0 amide bonds. The van der Waals surface area contributed by atoms with Crippen LogP contribution in [0.5, 0.6) is 0 Å². The summed E-state index contributed by atoms with van der Waals surface area (Å²) < 4.78 is 10.5. The summed E-state index contributed by atoms with van der Waals surface area (Å²) in [5.74, 6) is -1.49. The minimum Gasteiger partial charge on any atom is -0.442 e. The highest BCUT2D eigenvalue weighted by Gasteiger charge is 2.41. The topological polar surface area (TPSA) is 157 Å². The number of ether oxygens (including phenoxy) is 2. The summed E-state index contributed by atoms with van der Waals surface area (Å²) in [7, 11) is 0. The third-order valence-electron chi connectivity index (χ3n) is 4.82. The average molecular weight is 328 g/mol. The molecule has 0 aliphatic heterocycles. The van der Waals surface area contributed by atoms with Crippen LogP contribution >= 0.6 is 0 Å². The van der Waals surface area contributed by atoms with Gasteiger partial charge < -0.3 is 20.9 Å². The lowest BCUT2D eigenvalue weighted by Gasteiger charge is -2.39. The monoisotopic (exact) mass is 328 g/mol. The largest absolute Gasteiger partial charge is 0.442 e. The quantitative estimate of drug-likeness (QED) is 0.308. The normalized spacial score (nSPS) is 37.9. The molecule has 0 heterocycles. The Balaban J connectivity index is 1.86. The fraction of sp³-hybridized carbons (Fsp3) is 0.867. The molecule has 4 atom stereocenters. The number of carbonyl (C=O) groups excluding carboxylic acids is 2. The molecule has 4 unspecified atom stereocenters. The van der Waals surface area contributed by atoms with Crippen LogP contribution in [-0.2, 0) is 19.1 Å². The first-order chi connectivity index (χ1) is 10.8. The predicted molar refractivity (Wildman–Crippen MR) is 83.5 cm³/mol. The standard InChI is InChI=1S/C15H28N4O4/c16-10-5-1-3-7-14(10,18)22-12(20)9-13(21)23-15(19)8-4-2-6-11(15)17/h10-11H,1-9,16-19H2. The van der Waals surface area contributed by atoms with Gasteiger partial charge in [0.15, 0.2) is 11.4 Å². The summed E-state index contributed by atoms with van der Waals surface area (Å²) in [4.78, 5) is 23.9. The van der Waals surface area contributed by atoms with Crippen LogP contribution in [0, 0.1) is 0 Å². The first-order valence-electron chi connectivity index (χ1n) is 8.28. The molecule has 8 N–H and O–H groups in total. The Kier molecular flexibility index (Phi) is 5.61. The van der Waals surface area contributed by atoms with Gasteiger partial charge in [0, 0.05) is 12.8 Å². The minimum absolute atomic E-state index is 0.427. The maximum atomic E-state index is 12.0. The van der Waals surface area contributed by atoms with Gasteiger partial charge in [-0.2, -0.15) is 0 Å². The number of hydrogen-bond acceptors (Lipinski definition) is 8. The molecule has 2 fully saturated rings. The molecule has 8 nitrogen and oxygen atoms in total. The number of esters is 2. The summed E-state index contributed by atoms with van der Waals surface area (Å²) in [5, 5.41) is 0. The molecule has 2 aliphatic rings. The zero-order valence-corrected chi connectivity index (χ0v) is 13.5. The highest BCUT2D eigenvalue weighted by Crippen LogP contribution is 2.28. The van der Waals surface area contributed by atoms with Crippen molar-refractivity contribution in [1.82, 2.24) is 0 Å². The highest BCUT2D eigenvalue weighted by atomic mass is 16.6. The summed E-state index contributed by atoms with van der Waals surface area (Å²) >= 11 is 0. The summed E-state index contributed by atoms with van der Waals surface area (Å²) in [6.07, 6.45) is 5.38. The molecule has 0 saturated heterocycles. The molecule has 0 aromatic rings. The molecule has 0 spiro atoms. The molecule has 0 radical (unpaired) electrons. The zero-order chi connectivity index (χ0) is 17.1. The van der Waals surface area contributed by atoms with Crippen LogP contribution in [-0.4, -0.2) is 35.5 Å². The van der Waals surface area contributed by atoms with Crippen LogP contribution < -0.4 is 22.9 Å². The van der Waals surface area contributed by atoms with Gasteiger partial charge in [-0.25, -0.2) is 0 Å². The van der Waals surface area contributed by atoms with Gasteiger partial charge in [0.2, 0.25) is 0 Å². The second kappa shape index (κ2) is 7.12. The Morgan fingerprint density at radius 2 is 1.22 bits per heavy atom. The maximum Gasteiger partial charge on any atom is 0.318 e. The van der Waals surface area contributed by atoms with Crippen molar-refractivity contribution in [3.63, 3.8) is 0 Å². The van der Waals surface area contributed by atoms with E-state index in [1.54, 1.807) is 0 Å². The molecule has 23 heavy (non-hydrogen) atoms. The maximum absolute atomic E-state index is 12.0. The van der Waals surface area contributed by atoms with Crippen LogP contribution in [0.3, 0.4) is 0 Å². The Morgan fingerprint density at radius 3 is 1.57 bits per heavy atom. The van der Waals surface area contributed by atoms with Gasteiger partial charge in [0.05, 0.1) is 12.1 Å². The van der Waals surface area contributed by atoms with Crippen LogP contribution in [0.2, 0.25) is 0 Å². The Labute approximate surface area is 136 Å². The Hall–Kier alpha value is -1.22. The van der Waals surface area contributed by atoms with Crippen molar-refractivity contribution in [2.24, 2.45) is 22.9 Å². The lowest BCUT2D eigenvalue weighted by atomic mass is 9.88. The van der Waals surface area contributed by atoms with Crippen molar-refractivity contribution < 1.29 is 19.1 Å². The second-order valence-electron chi connectivity index (χ2n) is 6.74. The number of nitrogens with two attached hydrogens (primary N) is 4. The first kappa shape index (κ1) is 18.1. The molecule has 0 aromatic carbocycles. The van der Waals surface area contributed by atoms with Crippen LogP contribution in [0.15, 0.2) is 0 Å². The molecule has 0 bridgehead atoms. The van der Waals surface area contributed by atoms with Gasteiger partial charge in [0.25, 0.3) is 0 Å². The molecule has 0 aromatic heterocycles. The van der Waals surface area contributed by atoms with Crippen molar-refractivity contribution in [1.29, 1.82) is 0 Å². The van der Waals surface area contributed by atoms with E-state index in [-0.39, 0.29) is 0 Å². The molecule has 2 aliphatic carbocycles. The zero-order valence-electron chi connectivity index (χ0n) is 13.5. The minimum atomic E-state index is -1.21. The molecule has 2 saturated carbocycles. The smallest absolute Gasteiger partial charge is 0.318 e. The van der Waals surface area contributed by atoms with E-state index < -0.39 is 41.9 Å². The first-order valence-corrected chi connectivity index (χ1v) is 8.28. The number of rotatable bonds is 4. The van der Waals surface area contributed by atoms with E-state index in [2.05, 4.69) is 0 Å². The fourth-order valence-corrected chi connectivity index (χ4v) is 3.26. The van der Waals surface area contributed by atoms with Crippen molar-refractivity contribution >= 4 is 11.9 Å². The van der Waals surface area contributed by atoms with Gasteiger partial charge in [0.1, 0.15) is 6.42 Å². The predicted octanol–water partition coefficient (Wildman–Crippen LogP) is -0.424. The lowest BCUT2D eigenvalue weighted by Crippen LogP contribution is -2.60. The van der Waals surface area contributed by atoms with Gasteiger partial charge in [-0.3, -0.25) is 21.1 Å². The van der Waals surface area contributed by atoms with Crippen molar-refractivity contribution in [3.05, 3.63) is 0 Å². The second-order valence-corrected chi connectivity index (χ2v) is 6.74. The Morgan fingerprint density at radius 1 is 0.826 bits per heavy atom.